The molecule has 0 spiro atoms. The van der Waals surface area contributed by atoms with Gasteiger partial charge in [0.15, 0.2) is 0 Å². The molecule has 0 atom stereocenters. The standard InChI is InChI=1S/C13H17NO2/c1-10(2)11-4-5-13(12(8-11)9-14)16-7-3-6-15/h4-5,8,10,15H,3,6-7H2,1-2H3. The van der Waals surface area contributed by atoms with E-state index >= 15 is 0 Å². The number of aliphatic hydroxyl groups is 1. The summed E-state index contributed by atoms with van der Waals surface area (Å²) in [6.45, 7) is 4.71. The zero-order valence-corrected chi connectivity index (χ0v) is 9.73. The molecule has 0 radical (unpaired) electrons. The lowest BCUT2D eigenvalue weighted by atomic mass is 10.0. The molecule has 0 aromatic heterocycles. The van der Waals surface area contributed by atoms with E-state index < -0.39 is 0 Å². The molecule has 0 unspecified atom stereocenters. The lowest BCUT2D eigenvalue weighted by Crippen LogP contribution is -2.01. The third kappa shape index (κ3) is 3.25. The van der Waals surface area contributed by atoms with Crippen LogP contribution < -0.4 is 4.74 Å². The van der Waals surface area contributed by atoms with Gasteiger partial charge >= 0.3 is 0 Å². The average molecular weight is 219 g/mol. The second-order valence-electron chi connectivity index (χ2n) is 3.95. The van der Waals surface area contributed by atoms with Gasteiger partial charge in [-0.15, -0.1) is 0 Å². The number of rotatable bonds is 5. The molecular weight excluding hydrogens is 202 g/mol. The summed E-state index contributed by atoms with van der Waals surface area (Å²) in [7, 11) is 0. The van der Waals surface area contributed by atoms with Crippen LogP contribution in [0.1, 0.15) is 37.3 Å². The Morgan fingerprint density at radius 2 is 2.19 bits per heavy atom. The van der Waals surface area contributed by atoms with E-state index in [4.69, 9.17) is 15.1 Å². The van der Waals surface area contributed by atoms with Gasteiger partial charge in [-0.05, 0) is 23.6 Å². The topological polar surface area (TPSA) is 53.2 Å². The maximum absolute atomic E-state index is 9.00. The smallest absolute Gasteiger partial charge is 0.137 e. The van der Waals surface area contributed by atoms with Crippen LogP contribution in [0.15, 0.2) is 18.2 Å². The molecule has 0 bridgehead atoms. The quantitative estimate of drug-likeness (QED) is 0.774. The molecule has 1 aromatic rings. The van der Waals surface area contributed by atoms with Crippen molar-refractivity contribution in [1.82, 2.24) is 0 Å². The Hall–Kier alpha value is -1.53. The molecule has 3 heteroatoms. The summed E-state index contributed by atoms with van der Waals surface area (Å²) in [6.07, 6.45) is 0.580. The SMILES string of the molecule is CC(C)c1ccc(OCCCO)c(C#N)c1. The zero-order chi connectivity index (χ0) is 12.0. The van der Waals surface area contributed by atoms with Crippen molar-refractivity contribution < 1.29 is 9.84 Å². The lowest BCUT2D eigenvalue weighted by Gasteiger charge is -2.10. The maximum atomic E-state index is 9.00. The second kappa shape index (κ2) is 6.14. The molecule has 1 N–H and O–H groups in total. The molecule has 0 aliphatic carbocycles. The van der Waals surface area contributed by atoms with Crippen LogP contribution in [0.3, 0.4) is 0 Å². The number of nitriles is 1. The van der Waals surface area contributed by atoms with Gasteiger partial charge in [0.2, 0.25) is 0 Å². The van der Waals surface area contributed by atoms with Gasteiger partial charge in [-0.25, -0.2) is 0 Å². The molecule has 16 heavy (non-hydrogen) atoms. The highest BCUT2D eigenvalue weighted by molar-refractivity contribution is 5.46. The van der Waals surface area contributed by atoms with Crippen LogP contribution in [0.4, 0.5) is 0 Å². The summed E-state index contributed by atoms with van der Waals surface area (Å²) >= 11 is 0. The third-order valence-corrected chi connectivity index (χ3v) is 2.35. The Morgan fingerprint density at radius 1 is 1.44 bits per heavy atom. The Labute approximate surface area is 96.3 Å². The lowest BCUT2D eigenvalue weighted by molar-refractivity contribution is 0.233. The van der Waals surface area contributed by atoms with Crippen LogP contribution in [-0.4, -0.2) is 18.3 Å². The van der Waals surface area contributed by atoms with Crippen molar-refractivity contribution in [2.75, 3.05) is 13.2 Å². The normalized spacial score (nSPS) is 10.2. The first-order valence-corrected chi connectivity index (χ1v) is 5.46. The molecule has 0 saturated carbocycles. The molecule has 3 nitrogen and oxygen atoms in total. The van der Waals surface area contributed by atoms with Crippen molar-refractivity contribution in [3.05, 3.63) is 29.3 Å². The highest BCUT2D eigenvalue weighted by atomic mass is 16.5. The Kier molecular flexibility index (Phi) is 4.81. The zero-order valence-electron chi connectivity index (χ0n) is 9.73. The monoisotopic (exact) mass is 219 g/mol. The molecule has 0 saturated heterocycles. The summed E-state index contributed by atoms with van der Waals surface area (Å²) < 4.78 is 5.42. The van der Waals surface area contributed by atoms with Gasteiger partial charge in [0.1, 0.15) is 11.8 Å². The number of nitrogens with zero attached hydrogens (tertiary/aromatic N) is 1. The first-order chi connectivity index (χ1) is 7.69. The molecule has 0 aliphatic rings. The Balaban J connectivity index is 2.82. The molecule has 86 valence electrons. The van der Waals surface area contributed by atoms with Crippen LogP contribution in [0.25, 0.3) is 0 Å². The van der Waals surface area contributed by atoms with E-state index in [9.17, 15) is 0 Å². The van der Waals surface area contributed by atoms with Crippen molar-refractivity contribution in [3.8, 4) is 11.8 Å². The van der Waals surface area contributed by atoms with Crippen molar-refractivity contribution in [3.63, 3.8) is 0 Å². The van der Waals surface area contributed by atoms with Crippen LogP contribution in [0, 0.1) is 11.3 Å². The highest BCUT2D eigenvalue weighted by Gasteiger charge is 2.06. The average Bonchev–Trinajstić information content (AvgIpc) is 2.29. The largest absolute Gasteiger partial charge is 0.492 e. The van der Waals surface area contributed by atoms with Crippen LogP contribution in [0.2, 0.25) is 0 Å². The van der Waals surface area contributed by atoms with Crippen molar-refractivity contribution >= 4 is 0 Å². The van der Waals surface area contributed by atoms with E-state index in [0.717, 1.165) is 5.56 Å². The number of hydrogen-bond acceptors (Lipinski definition) is 3. The fourth-order valence-electron chi connectivity index (χ4n) is 1.37. The number of benzene rings is 1. The van der Waals surface area contributed by atoms with E-state index in [2.05, 4.69) is 19.9 Å². The van der Waals surface area contributed by atoms with E-state index in [1.807, 2.05) is 18.2 Å². The summed E-state index contributed by atoms with van der Waals surface area (Å²) in [5, 5.41) is 17.6. The first kappa shape index (κ1) is 12.5. The number of ether oxygens (including phenoxy) is 1. The predicted octanol–water partition coefficient (Wildman–Crippen LogP) is 2.44. The maximum Gasteiger partial charge on any atom is 0.137 e. The molecule has 0 amide bonds. The minimum absolute atomic E-state index is 0.103. The van der Waals surface area contributed by atoms with Crippen molar-refractivity contribution in [2.45, 2.75) is 26.2 Å². The van der Waals surface area contributed by atoms with Gasteiger partial charge in [0.25, 0.3) is 0 Å². The molecular formula is C13H17NO2. The van der Waals surface area contributed by atoms with Gasteiger partial charge in [0, 0.05) is 13.0 Å². The summed E-state index contributed by atoms with van der Waals surface area (Å²) in [5.74, 6) is 0.999. The van der Waals surface area contributed by atoms with Gasteiger partial charge in [-0.2, -0.15) is 5.26 Å². The fraction of sp³-hybridized carbons (Fsp3) is 0.462. The molecule has 0 aliphatic heterocycles. The Bertz CT molecular complexity index is 380. The molecule has 1 aromatic carbocycles. The van der Waals surface area contributed by atoms with Crippen LogP contribution in [0.5, 0.6) is 5.75 Å². The highest BCUT2D eigenvalue weighted by Crippen LogP contribution is 2.23. The van der Waals surface area contributed by atoms with E-state index in [1.165, 1.54) is 0 Å². The van der Waals surface area contributed by atoms with Gasteiger partial charge in [-0.3, -0.25) is 0 Å². The van der Waals surface area contributed by atoms with Crippen LogP contribution in [-0.2, 0) is 0 Å². The number of hydrogen-bond donors (Lipinski definition) is 1. The minimum Gasteiger partial charge on any atom is -0.492 e. The summed E-state index contributed by atoms with van der Waals surface area (Å²) in [4.78, 5) is 0. The van der Waals surface area contributed by atoms with Crippen molar-refractivity contribution in [1.29, 1.82) is 5.26 Å². The fourth-order valence-corrected chi connectivity index (χ4v) is 1.37. The van der Waals surface area contributed by atoms with Gasteiger partial charge < -0.3 is 9.84 Å². The van der Waals surface area contributed by atoms with E-state index in [-0.39, 0.29) is 6.61 Å². The number of aliphatic hydroxyl groups excluding tert-OH is 1. The van der Waals surface area contributed by atoms with Crippen molar-refractivity contribution in [2.24, 2.45) is 0 Å². The van der Waals surface area contributed by atoms with E-state index in [0.29, 0.717) is 30.3 Å². The van der Waals surface area contributed by atoms with Crippen LogP contribution >= 0.6 is 0 Å². The molecule has 1 rings (SSSR count). The first-order valence-electron chi connectivity index (χ1n) is 5.46. The summed E-state index contributed by atoms with van der Waals surface area (Å²) in [6, 6.07) is 7.79. The summed E-state index contributed by atoms with van der Waals surface area (Å²) in [5.41, 5.74) is 1.69. The molecule has 0 heterocycles. The van der Waals surface area contributed by atoms with Gasteiger partial charge in [0.05, 0.1) is 12.2 Å². The molecule has 0 fully saturated rings. The predicted molar refractivity (Wildman–Crippen MR) is 62.4 cm³/mol. The second-order valence-corrected chi connectivity index (χ2v) is 3.95. The van der Waals surface area contributed by atoms with E-state index in [1.54, 1.807) is 0 Å². The Morgan fingerprint density at radius 3 is 2.75 bits per heavy atom. The third-order valence-electron chi connectivity index (χ3n) is 2.35. The minimum atomic E-state index is 0.103. The van der Waals surface area contributed by atoms with Gasteiger partial charge in [-0.1, -0.05) is 19.9 Å².